The van der Waals surface area contributed by atoms with Crippen molar-refractivity contribution in [2.24, 2.45) is 0 Å². The van der Waals surface area contributed by atoms with Crippen molar-refractivity contribution in [1.29, 1.82) is 0 Å². The summed E-state index contributed by atoms with van der Waals surface area (Å²) in [7, 11) is 0. The summed E-state index contributed by atoms with van der Waals surface area (Å²) in [6.45, 7) is 0.382. The van der Waals surface area contributed by atoms with E-state index < -0.39 is 5.25 Å². The van der Waals surface area contributed by atoms with Crippen molar-refractivity contribution < 1.29 is 9.53 Å². The maximum absolute atomic E-state index is 11.8. The summed E-state index contributed by atoms with van der Waals surface area (Å²) in [5.41, 5.74) is 2.02. The van der Waals surface area contributed by atoms with Crippen LogP contribution in [-0.2, 0) is 16.0 Å². The van der Waals surface area contributed by atoms with Crippen molar-refractivity contribution in [1.82, 2.24) is 0 Å². The van der Waals surface area contributed by atoms with E-state index in [1.165, 1.54) is 0 Å². The van der Waals surface area contributed by atoms with Crippen molar-refractivity contribution in [2.45, 2.75) is 11.7 Å². The second-order valence-electron chi connectivity index (χ2n) is 4.22. The smallest absolute Gasteiger partial charge is 0.323 e. The van der Waals surface area contributed by atoms with Crippen LogP contribution < -0.4 is 0 Å². The van der Waals surface area contributed by atoms with Gasteiger partial charge in [-0.05, 0) is 11.1 Å². The van der Waals surface area contributed by atoms with Gasteiger partial charge in [0, 0.05) is 6.42 Å². The van der Waals surface area contributed by atoms with Crippen LogP contribution in [0.4, 0.5) is 0 Å². The van der Waals surface area contributed by atoms with E-state index >= 15 is 0 Å². The first-order valence-electron chi connectivity index (χ1n) is 6.21. The Bertz CT molecular complexity index is 511. The zero-order chi connectivity index (χ0) is 13.5. The first kappa shape index (κ1) is 13.7. The van der Waals surface area contributed by atoms with Gasteiger partial charge in [-0.25, -0.2) is 0 Å². The zero-order valence-electron chi connectivity index (χ0n) is 10.5. The van der Waals surface area contributed by atoms with Crippen LogP contribution in [-0.4, -0.2) is 12.6 Å². The minimum absolute atomic E-state index is 0.300. The zero-order valence-corrected chi connectivity index (χ0v) is 11.4. The fourth-order valence-corrected chi connectivity index (χ4v) is 2.01. The number of benzene rings is 2. The third kappa shape index (κ3) is 4.14. The molecule has 0 amide bonds. The Kier molecular flexibility index (Phi) is 5.04. The molecule has 19 heavy (non-hydrogen) atoms. The van der Waals surface area contributed by atoms with E-state index in [9.17, 15) is 4.79 Å². The van der Waals surface area contributed by atoms with Crippen LogP contribution in [0.2, 0.25) is 0 Å². The van der Waals surface area contributed by atoms with Gasteiger partial charge in [-0.2, -0.15) is 12.6 Å². The predicted octanol–water partition coefficient (Wildman–Crippen LogP) is 3.44. The second kappa shape index (κ2) is 7.00. The van der Waals surface area contributed by atoms with Gasteiger partial charge < -0.3 is 4.74 Å². The standard InChI is InChI=1S/C16H16O2S/c17-16(15(19)14-9-5-2-6-10-14)18-12-11-13-7-3-1-4-8-13/h1-10,15,19H,11-12H2. The quantitative estimate of drug-likeness (QED) is 0.666. The molecule has 0 N–H and O–H groups in total. The van der Waals surface area contributed by atoms with Crippen LogP contribution in [0.15, 0.2) is 60.7 Å². The highest BCUT2D eigenvalue weighted by Gasteiger charge is 2.17. The molecule has 0 aliphatic rings. The Balaban J connectivity index is 1.82. The van der Waals surface area contributed by atoms with Gasteiger partial charge in [0.15, 0.2) is 0 Å². The molecule has 0 heterocycles. The van der Waals surface area contributed by atoms with Gasteiger partial charge in [-0.3, -0.25) is 4.79 Å². The van der Waals surface area contributed by atoms with Crippen LogP contribution in [0.25, 0.3) is 0 Å². The average Bonchev–Trinajstić information content (AvgIpc) is 2.48. The van der Waals surface area contributed by atoms with E-state index in [1.807, 2.05) is 60.7 Å². The largest absolute Gasteiger partial charge is 0.464 e. The fourth-order valence-electron chi connectivity index (χ4n) is 1.76. The molecule has 0 fully saturated rings. The molecule has 0 aliphatic heterocycles. The average molecular weight is 272 g/mol. The lowest BCUT2D eigenvalue weighted by atomic mass is 10.1. The molecule has 0 aliphatic carbocycles. The minimum atomic E-state index is -0.517. The van der Waals surface area contributed by atoms with Crippen molar-refractivity contribution in [3.8, 4) is 0 Å². The number of hydrogen-bond donors (Lipinski definition) is 1. The van der Waals surface area contributed by atoms with E-state index in [0.29, 0.717) is 6.61 Å². The molecular weight excluding hydrogens is 256 g/mol. The van der Waals surface area contributed by atoms with E-state index in [4.69, 9.17) is 4.74 Å². The number of esters is 1. The van der Waals surface area contributed by atoms with Gasteiger partial charge in [0.2, 0.25) is 0 Å². The molecule has 2 aromatic rings. The molecule has 0 aromatic heterocycles. The van der Waals surface area contributed by atoms with E-state index in [-0.39, 0.29) is 5.97 Å². The molecule has 1 atom stereocenters. The van der Waals surface area contributed by atoms with Crippen molar-refractivity contribution >= 4 is 18.6 Å². The maximum Gasteiger partial charge on any atom is 0.323 e. The summed E-state index contributed by atoms with van der Waals surface area (Å²) in [5, 5.41) is -0.517. The third-order valence-electron chi connectivity index (χ3n) is 2.82. The summed E-state index contributed by atoms with van der Waals surface area (Å²) in [6.07, 6.45) is 0.724. The van der Waals surface area contributed by atoms with Crippen LogP contribution in [0, 0.1) is 0 Å². The molecule has 0 radical (unpaired) electrons. The summed E-state index contributed by atoms with van der Waals surface area (Å²) in [4.78, 5) is 11.8. The van der Waals surface area contributed by atoms with Crippen molar-refractivity contribution in [2.75, 3.05) is 6.61 Å². The Morgan fingerprint density at radius 1 is 1.00 bits per heavy atom. The molecule has 2 rings (SSSR count). The highest BCUT2D eigenvalue weighted by atomic mass is 32.1. The first-order chi connectivity index (χ1) is 9.27. The number of ether oxygens (including phenoxy) is 1. The summed E-state index contributed by atoms with van der Waals surface area (Å²) in [6, 6.07) is 19.4. The van der Waals surface area contributed by atoms with Crippen molar-refractivity contribution in [3.05, 3.63) is 71.8 Å². The highest BCUT2D eigenvalue weighted by molar-refractivity contribution is 7.81. The van der Waals surface area contributed by atoms with E-state index in [1.54, 1.807) is 0 Å². The van der Waals surface area contributed by atoms with Gasteiger partial charge in [-0.15, -0.1) is 0 Å². The monoisotopic (exact) mass is 272 g/mol. The first-order valence-corrected chi connectivity index (χ1v) is 6.72. The number of rotatable bonds is 5. The van der Waals surface area contributed by atoms with Gasteiger partial charge in [0.1, 0.15) is 5.25 Å². The van der Waals surface area contributed by atoms with Crippen LogP contribution in [0.1, 0.15) is 16.4 Å². The molecule has 2 aromatic carbocycles. The van der Waals surface area contributed by atoms with Crippen molar-refractivity contribution in [3.63, 3.8) is 0 Å². The lowest BCUT2D eigenvalue weighted by Gasteiger charge is -2.11. The molecule has 0 saturated carbocycles. The van der Waals surface area contributed by atoms with Gasteiger partial charge in [0.05, 0.1) is 6.61 Å². The van der Waals surface area contributed by atoms with Gasteiger partial charge >= 0.3 is 5.97 Å². The molecule has 0 saturated heterocycles. The Morgan fingerprint density at radius 2 is 1.58 bits per heavy atom. The van der Waals surface area contributed by atoms with Crippen LogP contribution >= 0.6 is 12.6 Å². The fraction of sp³-hybridized carbons (Fsp3) is 0.188. The van der Waals surface area contributed by atoms with Crippen LogP contribution in [0.3, 0.4) is 0 Å². The molecule has 0 spiro atoms. The molecule has 1 unspecified atom stereocenters. The number of carbonyl (C=O) groups excluding carboxylic acids is 1. The Labute approximate surface area is 118 Å². The summed E-state index contributed by atoms with van der Waals surface area (Å²) >= 11 is 4.30. The normalized spacial score (nSPS) is 11.8. The number of thiol groups is 1. The SMILES string of the molecule is O=C(OCCc1ccccc1)C(S)c1ccccc1. The van der Waals surface area contributed by atoms with E-state index in [0.717, 1.165) is 17.5 Å². The lowest BCUT2D eigenvalue weighted by molar-refractivity contribution is -0.142. The molecule has 2 nitrogen and oxygen atoms in total. The lowest BCUT2D eigenvalue weighted by Crippen LogP contribution is -2.13. The Morgan fingerprint density at radius 3 is 2.21 bits per heavy atom. The molecule has 3 heteroatoms. The predicted molar refractivity (Wildman–Crippen MR) is 79.3 cm³/mol. The van der Waals surface area contributed by atoms with E-state index in [2.05, 4.69) is 12.6 Å². The Hall–Kier alpha value is -1.74. The molecule has 0 bridgehead atoms. The highest BCUT2D eigenvalue weighted by Crippen LogP contribution is 2.20. The molecule has 98 valence electrons. The molecular formula is C16H16O2S. The van der Waals surface area contributed by atoms with Gasteiger partial charge in [-0.1, -0.05) is 60.7 Å². The van der Waals surface area contributed by atoms with Crippen LogP contribution in [0.5, 0.6) is 0 Å². The summed E-state index contributed by atoms with van der Waals surface area (Å²) in [5.74, 6) is -0.300. The minimum Gasteiger partial charge on any atom is -0.464 e. The number of hydrogen-bond acceptors (Lipinski definition) is 3. The third-order valence-corrected chi connectivity index (χ3v) is 3.33. The second-order valence-corrected chi connectivity index (χ2v) is 4.73. The topological polar surface area (TPSA) is 26.3 Å². The summed E-state index contributed by atoms with van der Waals surface area (Å²) < 4.78 is 5.25. The number of carbonyl (C=O) groups is 1. The maximum atomic E-state index is 11.8. The van der Waals surface area contributed by atoms with Gasteiger partial charge in [0.25, 0.3) is 0 Å².